The van der Waals surface area contributed by atoms with Crippen molar-refractivity contribution in [2.45, 2.75) is 13.3 Å². The maximum absolute atomic E-state index is 11.1. The van der Waals surface area contributed by atoms with Crippen molar-refractivity contribution >= 4 is 5.69 Å². The van der Waals surface area contributed by atoms with E-state index in [0.29, 0.717) is 12.3 Å². The molecular weight excluding hydrogens is 230 g/mol. The Balaban J connectivity index is 2.23. The van der Waals surface area contributed by atoms with E-state index in [0.717, 1.165) is 17.7 Å². The second kappa shape index (κ2) is 5.35. The van der Waals surface area contributed by atoms with E-state index in [9.17, 15) is 4.79 Å². The number of anilines is 1. The highest BCUT2D eigenvalue weighted by Gasteiger charge is 2.03. The van der Waals surface area contributed by atoms with Crippen LogP contribution >= 0.6 is 0 Å². The summed E-state index contributed by atoms with van der Waals surface area (Å²) in [5.41, 5.74) is 6.84. The zero-order valence-electron chi connectivity index (χ0n) is 10.1. The van der Waals surface area contributed by atoms with E-state index in [4.69, 9.17) is 10.5 Å². The van der Waals surface area contributed by atoms with Gasteiger partial charge in [0, 0.05) is 5.56 Å². The van der Waals surface area contributed by atoms with E-state index in [1.54, 1.807) is 6.07 Å². The third-order valence-corrected chi connectivity index (χ3v) is 2.46. The van der Waals surface area contributed by atoms with Gasteiger partial charge in [0.2, 0.25) is 0 Å². The lowest BCUT2D eigenvalue weighted by atomic mass is 10.1. The lowest BCUT2D eigenvalue weighted by molar-refractivity contribution is 0.317. The van der Waals surface area contributed by atoms with E-state index >= 15 is 0 Å². The Kier molecular flexibility index (Phi) is 3.62. The molecule has 1 aromatic heterocycles. The van der Waals surface area contributed by atoms with Crippen LogP contribution in [0, 0.1) is 0 Å². The number of nitrogens with zero attached hydrogens (tertiary/aromatic N) is 1. The van der Waals surface area contributed by atoms with Crippen LogP contribution < -0.4 is 16.0 Å². The standard InChI is InChI=1S/C13H15N3O2/c1-2-7-18-10-5-3-9(4-6-10)12-8-11(14)13(17)16-15-12/h3-6,8H,2,7H2,1H3,(H2,14,15)(H,16,17). The summed E-state index contributed by atoms with van der Waals surface area (Å²) in [5.74, 6) is 0.818. The zero-order valence-corrected chi connectivity index (χ0v) is 10.1. The monoisotopic (exact) mass is 245 g/mol. The molecule has 0 radical (unpaired) electrons. The molecule has 0 atom stereocenters. The minimum absolute atomic E-state index is 0.159. The van der Waals surface area contributed by atoms with E-state index in [1.807, 2.05) is 24.3 Å². The number of hydrogen-bond acceptors (Lipinski definition) is 4. The van der Waals surface area contributed by atoms with Gasteiger partial charge in [0.1, 0.15) is 11.4 Å². The number of rotatable bonds is 4. The first-order chi connectivity index (χ1) is 8.70. The minimum atomic E-state index is -0.373. The molecule has 1 aromatic carbocycles. The zero-order chi connectivity index (χ0) is 13.0. The van der Waals surface area contributed by atoms with Gasteiger partial charge in [-0.05, 0) is 36.8 Å². The number of nitrogen functional groups attached to an aromatic ring is 1. The maximum atomic E-state index is 11.1. The van der Waals surface area contributed by atoms with Crippen molar-refractivity contribution in [1.29, 1.82) is 0 Å². The van der Waals surface area contributed by atoms with E-state index in [-0.39, 0.29) is 11.2 Å². The smallest absolute Gasteiger partial charge is 0.287 e. The fraction of sp³-hybridized carbons (Fsp3) is 0.231. The molecule has 1 heterocycles. The van der Waals surface area contributed by atoms with Gasteiger partial charge in [-0.15, -0.1) is 0 Å². The molecule has 0 aliphatic rings. The molecule has 0 bridgehead atoms. The minimum Gasteiger partial charge on any atom is -0.494 e. The normalized spacial score (nSPS) is 10.3. The number of aromatic nitrogens is 2. The van der Waals surface area contributed by atoms with Crippen LogP contribution in [0.3, 0.4) is 0 Å². The Morgan fingerprint density at radius 3 is 2.67 bits per heavy atom. The number of nitrogens with one attached hydrogen (secondary N) is 1. The summed E-state index contributed by atoms with van der Waals surface area (Å²) in [6.45, 7) is 2.75. The molecular formula is C13H15N3O2. The summed E-state index contributed by atoms with van der Waals surface area (Å²) < 4.78 is 5.49. The SMILES string of the molecule is CCCOc1ccc(-c2cc(N)c(=O)[nH]n2)cc1. The van der Waals surface area contributed by atoms with Crippen molar-refractivity contribution in [3.05, 3.63) is 40.7 Å². The Labute approximate surface area is 105 Å². The topological polar surface area (TPSA) is 81.0 Å². The van der Waals surface area contributed by atoms with Crippen molar-refractivity contribution in [3.8, 4) is 17.0 Å². The van der Waals surface area contributed by atoms with Gasteiger partial charge in [0.15, 0.2) is 0 Å². The number of aromatic amines is 1. The van der Waals surface area contributed by atoms with Gasteiger partial charge < -0.3 is 10.5 Å². The number of H-pyrrole nitrogens is 1. The molecule has 3 N–H and O–H groups in total. The Morgan fingerprint density at radius 1 is 1.33 bits per heavy atom. The fourth-order valence-electron chi connectivity index (χ4n) is 1.51. The van der Waals surface area contributed by atoms with Crippen molar-refractivity contribution in [3.63, 3.8) is 0 Å². The summed E-state index contributed by atoms with van der Waals surface area (Å²) >= 11 is 0. The maximum Gasteiger partial charge on any atom is 0.287 e. The molecule has 0 aliphatic heterocycles. The van der Waals surface area contributed by atoms with Gasteiger partial charge in [-0.1, -0.05) is 6.92 Å². The van der Waals surface area contributed by atoms with Gasteiger partial charge in [-0.2, -0.15) is 5.10 Å². The molecule has 18 heavy (non-hydrogen) atoms. The number of ether oxygens (including phenoxy) is 1. The molecule has 0 saturated carbocycles. The van der Waals surface area contributed by atoms with Crippen LogP contribution in [0.4, 0.5) is 5.69 Å². The van der Waals surface area contributed by atoms with Gasteiger partial charge >= 0.3 is 0 Å². The second-order valence-electron chi connectivity index (χ2n) is 3.91. The lowest BCUT2D eigenvalue weighted by Gasteiger charge is -2.05. The van der Waals surface area contributed by atoms with Crippen LogP contribution in [-0.2, 0) is 0 Å². The molecule has 2 rings (SSSR count). The van der Waals surface area contributed by atoms with E-state index in [2.05, 4.69) is 17.1 Å². The number of benzene rings is 1. The van der Waals surface area contributed by atoms with Gasteiger partial charge in [-0.3, -0.25) is 4.79 Å². The Hall–Kier alpha value is -2.30. The predicted octanol–water partition coefficient (Wildman–Crippen LogP) is 1.81. The molecule has 0 saturated heterocycles. The first-order valence-corrected chi connectivity index (χ1v) is 5.79. The van der Waals surface area contributed by atoms with Crippen molar-refractivity contribution in [2.75, 3.05) is 12.3 Å². The number of nitrogens with two attached hydrogens (primary N) is 1. The molecule has 0 fully saturated rings. The second-order valence-corrected chi connectivity index (χ2v) is 3.91. The van der Waals surface area contributed by atoms with Crippen LogP contribution in [0.25, 0.3) is 11.3 Å². The van der Waals surface area contributed by atoms with Gasteiger partial charge in [-0.25, -0.2) is 5.10 Å². The first kappa shape index (κ1) is 12.2. The summed E-state index contributed by atoms with van der Waals surface area (Å²) in [7, 11) is 0. The van der Waals surface area contributed by atoms with Gasteiger partial charge in [0.25, 0.3) is 5.56 Å². The highest BCUT2D eigenvalue weighted by molar-refractivity contribution is 5.62. The molecule has 0 unspecified atom stereocenters. The summed E-state index contributed by atoms with van der Waals surface area (Å²) in [5, 5.41) is 6.30. The summed E-state index contributed by atoms with van der Waals surface area (Å²) in [6.07, 6.45) is 0.972. The van der Waals surface area contributed by atoms with E-state index in [1.165, 1.54) is 0 Å². The molecule has 0 aliphatic carbocycles. The molecule has 0 spiro atoms. The average molecular weight is 245 g/mol. The fourth-order valence-corrected chi connectivity index (χ4v) is 1.51. The molecule has 0 amide bonds. The van der Waals surface area contributed by atoms with Crippen molar-refractivity contribution < 1.29 is 4.74 Å². The molecule has 2 aromatic rings. The largest absolute Gasteiger partial charge is 0.494 e. The highest BCUT2D eigenvalue weighted by Crippen LogP contribution is 2.20. The predicted molar refractivity (Wildman–Crippen MR) is 70.5 cm³/mol. The summed E-state index contributed by atoms with van der Waals surface area (Å²) in [6, 6.07) is 9.05. The average Bonchev–Trinajstić information content (AvgIpc) is 2.40. The van der Waals surface area contributed by atoms with Crippen LogP contribution in [0.5, 0.6) is 5.75 Å². The van der Waals surface area contributed by atoms with Crippen LogP contribution in [0.15, 0.2) is 35.1 Å². The molecule has 5 heteroatoms. The van der Waals surface area contributed by atoms with Gasteiger partial charge in [0.05, 0.1) is 12.3 Å². The third-order valence-electron chi connectivity index (χ3n) is 2.46. The third kappa shape index (κ3) is 2.68. The highest BCUT2D eigenvalue weighted by atomic mass is 16.5. The first-order valence-electron chi connectivity index (χ1n) is 5.79. The quantitative estimate of drug-likeness (QED) is 0.860. The molecule has 94 valence electrons. The van der Waals surface area contributed by atoms with E-state index < -0.39 is 0 Å². The molecule has 5 nitrogen and oxygen atoms in total. The summed E-state index contributed by atoms with van der Waals surface area (Å²) in [4.78, 5) is 11.1. The van der Waals surface area contributed by atoms with Crippen molar-refractivity contribution in [2.24, 2.45) is 0 Å². The Bertz CT molecular complexity index is 576. The van der Waals surface area contributed by atoms with Crippen molar-refractivity contribution in [1.82, 2.24) is 10.2 Å². The number of hydrogen-bond donors (Lipinski definition) is 2. The van der Waals surface area contributed by atoms with Crippen LogP contribution in [-0.4, -0.2) is 16.8 Å². The van der Waals surface area contributed by atoms with Crippen LogP contribution in [0.2, 0.25) is 0 Å². The Morgan fingerprint density at radius 2 is 2.06 bits per heavy atom. The lowest BCUT2D eigenvalue weighted by Crippen LogP contribution is -2.13. The van der Waals surface area contributed by atoms with Crippen LogP contribution in [0.1, 0.15) is 13.3 Å².